The Bertz CT molecular complexity index is 384. The predicted molar refractivity (Wildman–Crippen MR) is 64.0 cm³/mol. The zero-order valence-electron chi connectivity index (χ0n) is 10.7. The first-order valence-corrected chi connectivity index (χ1v) is 7.64. The SMILES string of the molecule is CC(N)C1CN(S(=O)(=O)CCCC(F)(F)F)CCO1. The minimum atomic E-state index is -4.32. The van der Waals surface area contributed by atoms with Gasteiger partial charge >= 0.3 is 6.18 Å². The molecule has 0 spiro atoms. The van der Waals surface area contributed by atoms with Gasteiger partial charge in [0.1, 0.15) is 0 Å². The second kappa shape index (κ2) is 6.38. The van der Waals surface area contributed by atoms with Gasteiger partial charge in [0.2, 0.25) is 10.0 Å². The van der Waals surface area contributed by atoms with E-state index in [1.54, 1.807) is 6.92 Å². The molecule has 9 heteroatoms. The van der Waals surface area contributed by atoms with Crippen molar-refractivity contribution < 1.29 is 26.3 Å². The number of nitrogens with zero attached hydrogens (tertiary/aromatic N) is 1. The van der Waals surface area contributed by atoms with E-state index in [-0.39, 0.29) is 25.7 Å². The molecule has 19 heavy (non-hydrogen) atoms. The van der Waals surface area contributed by atoms with Crippen LogP contribution in [0.1, 0.15) is 19.8 Å². The van der Waals surface area contributed by atoms with Crippen LogP contribution in [0, 0.1) is 0 Å². The molecule has 0 aromatic rings. The first-order valence-electron chi connectivity index (χ1n) is 6.03. The molecule has 1 fully saturated rings. The van der Waals surface area contributed by atoms with Crippen molar-refractivity contribution in [2.75, 3.05) is 25.4 Å². The van der Waals surface area contributed by atoms with Crippen molar-refractivity contribution in [2.45, 2.75) is 38.1 Å². The maximum atomic E-state index is 12.0. The van der Waals surface area contributed by atoms with Gasteiger partial charge in [0, 0.05) is 25.6 Å². The van der Waals surface area contributed by atoms with Crippen LogP contribution < -0.4 is 5.73 Å². The summed E-state index contributed by atoms with van der Waals surface area (Å²) in [5, 5.41) is 0. The highest BCUT2D eigenvalue weighted by atomic mass is 32.2. The van der Waals surface area contributed by atoms with Crippen LogP contribution in [-0.2, 0) is 14.8 Å². The van der Waals surface area contributed by atoms with Crippen LogP contribution in [0.2, 0.25) is 0 Å². The Morgan fingerprint density at radius 3 is 2.63 bits per heavy atom. The van der Waals surface area contributed by atoms with Crippen LogP contribution in [0.15, 0.2) is 0 Å². The first-order chi connectivity index (χ1) is 8.62. The van der Waals surface area contributed by atoms with E-state index in [2.05, 4.69) is 0 Å². The Morgan fingerprint density at radius 2 is 2.11 bits per heavy atom. The molecule has 0 saturated carbocycles. The van der Waals surface area contributed by atoms with Gasteiger partial charge in [-0.2, -0.15) is 17.5 Å². The van der Waals surface area contributed by atoms with Crippen LogP contribution in [0.4, 0.5) is 13.2 Å². The van der Waals surface area contributed by atoms with E-state index in [1.165, 1.54) is 4.31 Å². The molecule has 1 heterocycles. The van der Waals surface area contributed by atoms with Gasteiger partial charge in [-0.25, -0.2) is 8.42 Å². The Morgan fingerprint density at radius 1 is 1.47 bits per heavy atom. The fourth-order valence-corrected chi connectivity index (χ4v) is 3.30. The van der Waals surface area contributed by atoms with Crippen molar-refractivity contribution in [3.05, 3.63) is 0 Å². The Balaban J connectivity index is 2.52. The summed E-state index contributed by atoms with van der Waals surface area (Å²) in [6.07, 6.45) is -6.25. The fraction of sp³-hybridized carbons (Fsp3) is 1.00. The molecule has 5 nitrogen and oxygen atoms in total. The molecule has 2 unspecified atom stereocenters. The number of hydrogen-bond acceptors (Lipinski definition) is 4. The van der Waals surface area contributed by atoms with E-state index in [9.17, 15) is 21.6 Å². The summed E-state index contributed by atoms with van der Waals surface area (Å²) < 4.78 is 66.3. The van der Waals surface area contributed by atoms with Crippen LogP contribution in [0.25, 0.3) is 0 Å². The summed E-state index contributed by atoms with van der Waals surface area (Å²) in [4.78, 5) is 0. The third-order valence-corrected chi connectivity index (χ3v) is 4.82. The predicted octanol–water partition coefficient (Wildman–Crippen LogP) is 0.707. The van der Waals surface area contributed by atoms with Crippen molar-refractivity contribution in [3.8, 4) is 0 Å². The Labute approximate surface area is 110 Å². The van der Waals surface area contributed by atoms with E-state index >= 15 is 0 Å². The number of sulfonamides is 1. The van der Waals surface area contributed by atoms with Gasteiger partial charge in [-0.05, 0) is 13.3 Å². The van der Waals surface area contributed by atoms with Crippen molar-refractivity contribution >= 4 is 10.0 Å². The number of nitrogens with two attached hydrogens (primary N) is 1. The molecule has 0 bridgehead atoms. The third-order valence-electron chi connectivity index (χ3n) is 2.90. The van der Waals surface area contributed by atoms with Crippen molar-refractivity contribution in [1.82, 2.24) is 4.31 Å². The molecule has 0 aliphatic carbocycles. The number of halogens is 3. The molecule has 1 saturated heterocycles. The Hall–Kier alpha value is -0.380. The van der Waals surface area contributed by atoms with Gasteiger partial charge in [-0.1, -0.05) is 0 Å². The number of morpholine rings is 1. The third kappa shape index (κ3) is 5.64. The monoisotopic (exact) mass is 304 g/mol. The molecule has 114 valence electrons. The van der Waals surface area contributed by atoms with Crippen LogP contribution in [0.5, 0.6) is 0 Å². The lowest BCUT2D eigenvalue weighted by Crippen LogP contribution is -2.51. The van der Waals surface area contributed by atoms with Crippen molar-refractivity contribution in [1.29, 1.82) is 0 Å². The molecule has 0 amide bonds. The van der Waals surface area contributed by atoms with Crippen LogP contribution in [-0.4, -0.2) is 56.5 Å². The van der Waals surface area contributed by atoms with E-state index < -0.39 is 40.9 Å². The average Bonchev–Trinajstić information content (AvgIpc) is 2.27. The maximum Gasteiger partial charge on any atom is 0.389 e. The van der Waals surface area contributed by atoms with Crippen LogP contribution >= 0.6 is 0 Å². The quantitative estimate of drug-likeness (QED) is 0.812. The summed E-state index contributed by atoms with van der Waals surface area (Å²) in [7, 11) is -3.67. The van der Waals surface area contributed by atoms with Crippen LogP contribution in [0.3, 0.4) is 0 Å². The molecule has 1 rings (SSSR count). The second-order valence-corrected chi connectivity index (χ2v) is 6.75. The van der Waals surface area contributed by atoms with Gasteiger partial charge in [0.05, 0.1) is 18.5 Å². The van der Waals surface area contributed by atoms with Gasteiger partial charge < -0.3 is 10.5 Å². The lowest BCUT2D eigenvalue weighted by molar-refractivity contribution is -0.134. The molecular formula is C10H19F3N2O3S. The fourth-order valence-electron chi connectivity index (χ4n) is 1.81. The standard InChI is InChI=1S/C10H19F3N2O3S/c1-8(14)9-7-15(4-5-18-9)19(16,17)6-2-3-10(11,12)13/h8-9H,2-7,14H2,1H3. The van der Waals surface area contributed by atoms with E-state index in [0.717, 1.165) is 0 Å². The number of hydrogen-bond donors (Lipinski definition) is 1. The second-order valence-electron chi connectivity index (χ2n) is 4.66. The number of ether oxygens (including phenoxy) is 1. The van der Waals surface area contributed by atoms with E-state index in [4.69, 9.17) is 10.5 Å². The largest absolute Gasteiger partial charge is 0.389 e. The molecule has 0 radical (unpaired) electrons. The Kier molecular flexibility index (Phi) is 5.60. The molecule has 1 aliphatic rings. The highest BCUT2D eigenvalue weighted by Gasteiger charge is 2.32. The number of alkyl halides is 3. The average molecular weight is 304 g/mol. The first kappa shape index (κ1) is 16.7. The summed E-state index contributed by atoms with van der Waals surface area (Å²) >= 11 is 0. The van der Waals surface area contributed by atoms with Crippen molar-refractivity contribution in [3.63, 3.8) is 0 Å². The molecule has 1 aliphatic heterocycles. The number of rotatable bonds is 5. The molecular weight excluding hydrogens is 285 g/mol. The molecule has 2 N–H and O–H groups in total. The normalized spacial score (nSPS) is 24.4. The van der Waals surface area contributed by atoms with E-state index in [1.807, 2.05) is 0 Å². The van der Waals surface area contributed by atoms with Gasteiger partial charge in [0.15, 0.2) is 0 Å². The molecule has 2 atom stereocenters. The lowest BCUT2D eigenvalue weighted by Gasteiger charge is -2.33. The topological polar surface area (TPSA) is 72.6 Å². The summed E-state index contributed by atoms with van der Waals surface area (Å²) in [6, 6.07) is -0.326. The van der Waals surface area contributed by atoms with Gasteiger partial charge in [0.25, 0.3) is 0 Å². The zero-order valence-corrected chi connectivity index (χ0v) is 11.5. The highest BCUT2D eigenvalue weighted by Crippen LogP contribution is 2.22. The van der Waals surface area contributed by atoms with Crippen molar-refractivity contribution in [2.24, 2.45) is 5.73 Å². The lowest BCUT2D eigenvalue weighted by atomic mass is 10.2. The molecule has 0 aromatic carbocycles. The maximum absolute atomic E-state index is 12.0. The van der Waals surface area contributed by atoms with E-state index in [0.29, 0.717) is 0 Å². The molecule has 0 aromatic heterocycles. The smallest absolute Gasteiger partial charge is 0.374 e. The summed E-state index contributed by atoms with van der Waals surface area (Å²) in [5.41, 5.74) is 5.63. The van der Waals surface area contributed by atoms with Gasteiger partial charge in [-0.15, -0.1) is 0 Å². The zero-order chi connectivity index (χ0) is 14.7. The minimum absolute atomic E-state index is 0.103. The minimum Gasteiger partial charge on any atom is -0.374 e. The summed E-state index contributed by atoms with van der Waals surface area (Å²) in [6.45, 7) is 2.18. The summed E-state index contributed by atoms with van der Waals surface area (Å²) in [5.74, 6) is -0.502. The van der Waals surface area contributed by atoms with Gasteiger partial charge in [-0.3, -0.25) is 0 Å². The highest BCUT2D eigenvalue weighted by molar-refractivity contribution is 7.89.